The summed E-state index contributed by atoms with van der Waals surface area (Å²) in [5.74, 6) is 0.626. The van der Waals surface area contributed by atoms with Crippen molar-refractivity contribution in [2.45, 2.75) is 27.2 Å². The van der Waals surface area contributed by atoms with Gasteiger partial charge in [-0.1, -0.05) is 20.8 Å². The quantitative estimate of drug-likeness (QED) is 0.531. The van der Waals surface area contributed by atoms with E-state index in [-0.39, 0.29) is 0 Å². The van der Waals surface area contributed by atoms with Gasteiger partial charge in [0.05, 0.1) is 13.2 Å². The fourth-order valence-electron chi connectivity index (χ4n) is 0.683. The molecule has 0 amide bonds. The van der Waals surface area contributed by atoms with Gasteiger partial charge >= 0.3 is 0 Å². The van der Waals surface area contributed by atoms with Gasteiger partial charge in [0, 0.05) is 13.2 Å². The second-order valence-electron chi connectivity index (χ2n) is 3.08. The predicted octanol–water partition coefficient (Wildman–Crippen LogP) is 2.09. The number of hydrogen-bond donors (Lipinski definition) is 0. The Hall–Kier alpha value is -0.0800. The van der Waals surface area contributed by atoms with Crippen molar-refractivity contribution >= 4 is 0 Å². The van der Waals surface area contributed by atoms with Gasteiger partial charge in [0.25, 0.3) is 0 Å². The third-order valence-electron chi connectivity index (χ3n) is 1.17. The van der Waals surface area contributed by atoms with Gasteiger partial charge in [-0.15, -0.1) is 0 Å². The van der Waals surface area contributed by atoms with Crippen LogP contribution in [0.15, 0.2) is 0 Å². The lowest BCUT2D eigenvalue weighted by atomic mass is 10.2. The summed E-state index contributed by atoms with van der Waals surface area (Å²) in [6, 6.07) is 0. The summed E-state index contributed by atoms with van der Waals surface area (Å²) in [5.41, 5.74) is 0. The molecule has 0 aromatic rings. The highest BCUT2D eigenvalue weighted by Gasteiger charge is 1.92. The lowest BCUT2D eigenvalue weighted by Crippen LogP contribution is -2.08. The molecule has 0 radical (unpaired) electrons. The minimum Gasteiger partial charge on any atom is -0.379 e. The van der Waals surface area contributed by atoms with Crippen LogP contribution in [-0.2, 0) is 9.47 Å². The maximum atomic E-state index is 5.32. The summed E-state index contributed by atoms with van der Waals surface area (Å²) in [6.07, 6.45) is 1.09. The zero-order valence-corrected chi connectivity index (χ0v) is 7.93. The smallest absolute Gasteiger partial charge is 0.0700 e. The van der Waals surface area contributed by atoms with E-state index in [1.165, 1.54) is 0 Å². The van der Waals surface area contributed by atoms with Crippen LogP contribution in [0.1, 0.15) is 27.2 Å². The van der Waals surface area contributed by atoms with Gasteiger partial charge in [-0.25, -0.2) is 0 Å². The van der Waals surface area contributed by atoms with E-state index in [9.17, 15) is 0 Å². The second kappa shape index (κ2) is 8.02. The monoisotopic (exact) mass is 160 g/mol. The van der Waals surface area contributed by atoms with Gasteiger partial charge in [-0.05, 0) is 12.3 Å². The first kappa shape index (κ1) is 10.9. The highest BCUT2D eigenvalue weighted by molar-refractivity contribution is 4.39. The van der Waals surface area contributed by atoms with Crippen molar-refractivity contribution in [3.05, 3.63) is 0 Å². The van der Waals surface area contributed by atoms with E-state index < -0.39 is 0 Å². The van der Waals surface area contributed by atoms with Crippen LogP contribution in [0.4, 0.5) is 0 Å². The highest BCUT2D eigenvalue weighted by Crippen LogP contribution is 1.91. The Balaban J connectivity index is 2.80. The van der Waals surface area contributed by atoms with Gasteiger partial charge in [-0.3, -0.25) is 0 Å². The molecule has 0 bridgehead atoms. The average molecular weight is 160 g/mol. The minimum absolute atomic E-state index is 0.626. The maximum Gasteiger partial charge on any atom is 0.0700 e. The third kappa shape index (κ3) is 9.92. The molecule has 0 saturated heterocycles. The molecule has 0 aliphatic rings. The van der Waals surface area contributed by atoms with Gasteiger partial charge in [0.1, 0.15) is 0 Å². The average Bonchev–Trinajstić information content (AvgIpc) is 1.96. The Labute approximate surface area is 69.9 Å². The molecule has 68 valence electrons. The molecule has 0 rings (SSSR count). The molecule has 0 aromatic carbocycles. The van der Waals surface area contributed by atoms with Crippen molar-refractivity contribution in [1.82, 2.24) is 0 Å². The normalized spacial score (nSPS) is 10.9. The van der Waals surface area contributed by atoms with E-state index in [0.717, 1.165) is 32.8 Å². The number of rotatable bonds is 7. The van der Waals surface area contributed by atoms with Crippen molar-refractivity contribution in [1.29, 1.82) is 0 Å². The Kier molecular flexibility index (Phi) is 7.96. The molecule has 11 heavy (non-hydrogen) atoms. The second-order valence-corrected chi connectivity index (χ2v) is 3.08. The van der Waals surface area contributed by atoms with E-state index in [2.05, 4.69) is 20.8 Å². The van der Waals surface area contributed by atoms with Crippen molar-refractivity contribution in [2.24, 2.45) is 5.92 Å². The molecule has 0 spiro atoms. The van der Waals surface area contributed by atoms with Gasteiger partial charge < -0.3 is 9.47 Å². The van der Waals surface area contributed by atoms with Crippen LogP contribution in [0.3, 0.4) is 0 Å². The molecule has 0 N–H and O–H groups in total. The summed E-state index contributed by atoms with van der Waals surface area (Å²) < 4.78 is 10.6. The molecular weight excluding hydrogens is 140 g/mol. The molecule has 2 nitrogen and oxygen atoms in total. The summed E-state index contributed by atoms with van der Waals surface area (Å²) in [6.45, 7) is 9.56. The SMILES string of the molecule is CCCOCCOCC(C)C. The summed E-state index contributed by atoms with van der Waals surface area (Å²) in [4.78, 5) is 0. The van der Waals surface area contributed by atoms with Gasteiger partial charge in [-0.2, -0.15) is 0 Å². The molecule has 0 heterocycles. The van der Waals surface area contributed by atoms with E-state index in [0.29, 0.717) is 5.92 Å². The van der Waals surface area contributed by atoms with E-state index in [1.54, 1.807) is 0 Å². The topological polar surface area (TPSA) is 18.5 Å². The summed E-state index contributed by atoms with van der Waals surface area (Å²) in [5, 5.41) is 0. The standard InChI is InChI=1S/C9H20O2/c1-4-5-10-6-7-11-8-9(2)3/h9H,4-8H2,1-3H3. The lowest BCUT2D eigenvalue weighted by molar-refractivity contribution is 0.0380. The fourth-order valence-corrected chi connectivity index (χ4v) is 0.683. The largest absolute Gasteiger partial charge is 0.379 e. The van der Waals surface area contributed by atoms with E-state index >= 15 is 0 Å². The van der Waals surface area contributed by atoms with Crippen molar-refractivity contribution < 1.29 is 9.47 Å². The van der Waals surface area contributed by atoms with E-state index in [1.807, 2.05) is 0 Å². The first-order valence-corrected chi connectivity index (χ1v) is 4.42. The fraction of sp³-hybridized carbons (Fsp3) is 1.00. The van der Waals surface area contributed by atoms with Crippen LogP contribution in [0.2, 0.25) is 0 Å². The molecule has 0 aliphatic carbocycles. The summed E-state index contributed by atoms with van der Waals surface area (Å²) in [7, 11) is 0. The molecule has 0 unspecified atom stereocenters. The molecule has 0 aromatic heterocycles. The van der Waals surface area contributed by atoms with Crippen LogP contribution in [0, 0.1) is 5.92 Å². The Morgan fingerprint density at radius 3 is 2.18 bits per heavy atom. The predicted molar refractivity (Wildman–Crippen MR) is 46.8 cm³/mol. The van der Waals surface area contributed by atoms with E-state index in [4.69, 9.17) is 9.47 Å². The molecule has 0 saturated carbocycles. The first-order chi connectivity index (χ1) is 5.27. The van der Waals surface area contributed by atoms with Crippen molar-refractivity contribution in [3.63, 3.8) is 0 Å². The lowest BCUT2D eigenvalue weighted by Gasteiger charge is -2.06. The molecule has 2 heteroatoms. The third-order valence-corrected chi connectivity index (χ3v) is 1.17. The zero-order chi connectivity index (χ0) is 8.53. The summed E-state index contributed by atoms with van der Waals surface area (Å²) >= 11 is 0. The molecular formula is C9H20O2. The van der Waals surface area contributed by atoms with Crippen LogP contribution in [-0.4, -0.2) is 26.4 Å². The van der Waals surface area contributed by atoms with Crippen molar-refractivity contribution in [2.75, 3.05) is 26.4 Å². The van der Waals surface area contributed by atoms with Gasteiger partial charge in [0.2, 0.25) is 0 Å². The Morgan fingerprint density at radius 2 is 1.64 bits per heavy atom. The molecule has 0 aliphatic heterocycles. The maximum absolute atomic E-state index is 5.32. The highest BCUT2D eigenvalue weighted by atomic mass is 16.5. The number of hydrogen-bond acceptors (Lipinski definition) is 2. The zero-order valence-electron chi connectivity index (χ0n) is 7.93. The molecule has 0 atom stereocenters. The van der Waals surface area contributed by atoms with Crippen LogP contribution in [0.25, 0.3) is 0 Å². The number of ether oxygens (including phenoxy) is 2. The first-order valence-electron chi connectivity index (χ1n) is 4.42. The van der Waals surface area contributed by atoms with Crippen molar-refractivity contribution in [3.8, 4) is 0 Å². The van der Waals surface area contributed by atoms with Crippen LogP contribution in [0.5, 0.6) is 0 Å². The Bertz CT molecular complexity index is 72.0. The van der Waals surface area contributed by atoms with Gasteiger partial charge in [0.15, 0.2) is 0 Å². The van der Waals surface area contributed by atoms with Crippen LogP contribution < -0.4 is 0 Å². The Morgan fingerprint density at radius 1 is 1.00 bits per heavy atom. The van der Waals surface area contributed by atoms with Crippen LogP contribution >= 0.6 is 0 Å². The molecule has 0 fully saturated rings. The minimum atomic E-state index is 0.626.